The Bertz CT molecular complexity index is 1270. The number of aromatic amines is 1. The summed E-state index contributed by atoms with van der Waals surface area (Å²) in [7, 11) is 1.52. The van der Waals surface area contributed by atoms with Crippen LogP contribution in [0.4, 0.5) is 5.69 Å². The molecule has 2 N–H and O–H groups in total. The van der Waals surface area contributed by atoms with Gasteiger partial charge in [-0.25, -0.2) is 9.67 Å². The first kappa shape index (κ1) is 18.4. The van der Waals surface area contributed by atoms with Gasteiger partial charge in [-0.1, -0.05) is 18.2 Å². The summed E-state index contributed by atoms with van der Waals surface area (Å²) < 4.78 is 7.04. The van der Waals surface area contributed by atoms with Crippen molar-refractivity contribution in [3.8, 4) is 22.8 Å². The van der Waals surface area contributed by atoms with Crippen LogP contribution in [0.2, 0.25) is 0 Å². The largest absolute Gasteiger partial charge is 0.496 e. The molecule has 0 spiro atoms. The Morgan fingerprint density at radius 2 is 1.93 bits per heavy atom. The molecule has 0 aliphatic rings. The summed E-state index contributed by atoms with van der Waals surface area (Å²) in [4.78, 5) is 31.7. The molecular weight excluding hydrogens is 370 g/mol. The van der Waals surface area contributed by atoms with E-state index in [1.807, 2.05) is 37.3 Å². The van der Waals surface area contributed by atoms with Crippen molar-refractivity contribution in [2.45, 2.75) is 13.8 Å². The quantitative estimate of drug-likeness (QED) is 0.559. The van der Waals surface area contributed by atoms with Crippen LogP contribution in [-0.2, 0) is 4.79 Å². The summed E-state index contributed by atoms with van der Waals surface area (Å²) in [6, 6.07) is 14.6. The number of hydrogen-bond donors (Lipinski definition) is 2. The maximum atomic E-state index is 12.9. The van der Waals surface area contributed by atoms with Gasteiger partial charge in [0.15, 0.2) is 5.52 Å². The van der Waals surface area contributed by atoms with Crippen LogP contribution in [-0.4, -0.2) is 32.8 Å². The van der Waals surface area contributed by atoms with Crippen LogP contribution in [0.1, 0.15) is 12.6 Å². The molecule has 0 saturated carbocycles. The number of amides is 1. The first-order valence-corrected chi connectivity index (χ1v) is 8.99. The maximum Gasteiger partial charge on any atom is 0.277 e. The Morgan fingerprint density at radius 1 is 1.17 bits per heavy atom. The van der Waals surface area contributed by atoms with Gasteiger partial charge in [-0.2, -0.15) is 5.10 Å². The van der Waals surface area contributed by atoms with Gasteiger partial charge >= 0.3 is 0 Å². The van der Waals surface area contributed by atoms with Crippen LogP contribution in [0, 0.1) is 6.92 Å². The third-order valence-electron chi connectivity index (χ3n) is 4.48. The van der Waals surface area contributed by atoms with E-state index in [-0.39, 0.29) is 11.5 Å². The molecule has 4 aromatic rings. The molecule has 0 unspecified atom stereocenters. The number of nitrogens with zero attached hydrogens (tertiary/aromatic N) is 3. The smallest absolute Gasteiger partial charge is 0.277 e. The SMILES string of the molecule is COc1cc(NC(C)=O)ccc1-c1nc2c(C)nn(-c3ccccc3)c2c(=O)[nH]1. The fourth-order valence-electron chi connectivity index (χ4n) is 3.21. The first-order chi connectivity index (χ1) is 14.0. The van der Waals surface area contributed by atoms with Crippen LogP contribution >= 0.6 is 0 Å². The molecule has 4 rings (SSSR count). The molecule has 0 atom stereocenters. The van der Waals surface area contributed by atoms with Gasteiger partial charge < -0.3 is 15.0 Å². The highest BCUT2D eigenvalue weighted by Gasteiger charge is 2.18. The van der Waals surface area contributed by atoms with Gasteiger partial charge in [0.2, 0.25) is 5.91 Å². The normalized spacial score (nSPS) is 10.9. The van der Waals surface area contributed by atoms with Gasteiger partial charge in [-0.3, -0.25) is 9.59 Å². The second-order valence-corrected chi connectivity index (χ2v) is 6.54. The molecule has 1 amide bonds. The van der Waals surface area contributed by atoms with Crippen molar-refractivity contribution >= 4 is 22.6 Å². The van der Waals surface area contributed by atoms with E-state index in [0.717, 1.165) is 5.69 Å². The number of H-pyrrole nitrogens is 1. The number of rotatable bonds is 4. The van der Waals surface area contributed by atoms with Crippen molar-refractivity contribution in [3.63, 3.8) is 0 Å². The predicted molar refractivity (Wildman–Crippen MR) is 111 cm³/mol. The van der Waals surface area contributed by atoms with Gasteiger partial charge in [0.1, 0.15) is 17.1 Å². The highest BCUT2D eigenvalue weighted by Crippen LogP contribution is 2.31. The van der Waals surface area contributed by atoms with E-state index in [9.17, 15) is 9.59 Å². The lowest BCUT2D eigenvalue weighted by Gasteiger charge is -2.11. The molecule has 2 heterocycles. The molecule has 0 saturated heterocycles. The van der Waals surface area contributed by atoms with Crippen LogP contribution < -0.4 is 15.6 Å². The van der Waals surface area contributed by atoms with Crippen molar-refractivity contribution in [1.29, 1.82) is 0 Å². The molecule has 0 aliphatic carbocycles. The number of benzene rings is 2. The molecule has 0 bridgehead atoms. The molecule has 146 valence electrons. The Morgan fingerprint density at radius 3 is 2.62 bits per heavy atom. The zero-order chi connectivity index (χ0) is 20.5. The number of carbonyl (C=O) groups excluding carboxylic acids is 1. The topological polar surface area (TPSA) is 102 Å². The van der Waals surface area contributed by atoms with Gasteiger partial charge in [-0.15, -0.1) is 0 Å². The predicted octanol–water partition coefficient (Wildman–Crippen LogP) is 3.05. The standard InChI is InChI=1S/C21H19N5O3/c1-12-18-19(26(25-12)15-7-5-4-6-8-15)21(28)24-20(23-18)16-10-9-14(22-13(2)27)11-17(16)29-3/h4-11H,1-3H3,(H,22,27)(H,23,24,28). The fourth-order valence-corrected chi connectivity index (χ4v) is 3.21. The Labute approximate surface area is 166 Å². The van der Waals surface area contributed by atoms with Crippen LogP contribution in [0.5, 0.6) is 5.75 Å². The minimum atomic E-state index is -0.303. The second kappa shape index (κ2) is 7.23. The molecule has 8 nitrogen and oxygen atoms in total. The first-order valence-electron chi connectivity index (χ1n) is 8.99. The summed E-state index contributed by atoms with van der Waals surface area (Å²) in [5.41, 5.74) is 3.21. The molecule has 29 heavy (non-hydrogen) atoms. The van der Waals surface area contributed by atoms with Crippen molar-refractivity contribution in [3.05, 3.63) is 64.6 Å². The number of fused-ring (bicyclic) bond motifs is 1. The average Bonchev–Trinajstić information content (AvgIpc) is 3.05. The zero-order valence-electron chi connectivity index (χ0n) is 16.2. The Balaban J connectivity index is 1.88. The monoisotopic (exact) mass is 389 g/mol. The molecule has 2 aromatic heterocycles. The van der Waals surface area contributed by atoms with Gasteiger partial charge in [0.25, 0.3) is 5.56 Å². The third-order valence-corrected chi connectivity index (χ3v) is 4.48. The van der Waals surface area contributed by atoms with Crippen LogP contribution in [0.15, 0.2) is 53.3 Å². The number of hydrogen-bond acceptors (Lipinski definition) is 5. The summed E-state index contributed by atoms with van der Waals surface area (Å²) in [6.07, 6.45) is 0. The molecule has 0 aliphatic heterocycles. The molecular formula is C21H19N5O3. The highest BCUT2D eigenvalue weighted by molar-refractivity contribution is 5.89. The van der Waals surface area contributed by atoms with Crippen molar-refractivity contribution in [1.82, 2.24) is 19.7 Å². The summed E-state index contributed by atoms with van der Waals surface area (Å²) in [5.74, 6) is 0.660. The van der Waals surface area contributed by atoms with Crippen molar-refractivity contribution < 1.29 is 9.53 Å². The van der Waals surface area contributed by atoms with Crippen LogP contribution in [0.3, 0.4) is 0 Å². The third kappa shape index (κ3) is 3.36. The van der Waals surface area contributed by atoms with Crippen LogP contribution in [0.25, 0.3) is 28.1 Å². The lowest BCUT2D eigenvalue weighted by molar-refractivity contribution is -0.114. The van der Waals surface area contributed by atoms with Gasteiger partial charge in [0.05, 0.1) is 24.1 Å². The highest BCUT2D eigenvalue weighted by atomic mass is 16.5. The van der Waals surface area contributed by atoms with Gasteiger partial charge in [0, 0.05) is 18.7 Å². The minimum absolute atomic E-state index is 0.184. The molecule has 0 radical (unpaired) electrons. The van der Waals surface area contributed by atoms with E-state index in [1.54, 1.807) is 22.9 Å². The number of methoxy groups -OCH3 is 1. The summed E-state index contributed by atoms with van der Waals surface area (Å²) in [5, 5.41) is 7.21. The second-order valence-electron chi connectivity index (χ2n) is 6.54. The maximum absolute atomic E-state index is 12.9. The zero-order valence-corrected chi connectivity index (χ0v) is 16.2. The molecule has 0 fully saturated rings. The van der Waals surface area contributed by atoms with Crippen molar-refractivity contribution in [2.75, 3.05) is 12.4 Å². The number of aromatic nitrogens is 4. The van der Waals surface area contributed by atoms with Crippen molar-refractivity contribution in [2.24, 2.45) is 0 Å². The number of carbonyl (C=O) groups is 1. The summed E-state index contributed by atoms with van der Waals surface area (Å²) in [6.45, 7) is 3.25. The van der Waals surface area contributed by atoms with E-state index in [1.165, 1.54) is 14.0 Å². The molecule has 2 aromatic carbocycles. The van der Waals surface area contributed by atoms with E-state index in [0.29, 0.717) is 39.6 Å². The lowest BCUT2D eigenvalue weighted by atomic mass is 10.1. The summed E-state index contributed by atoms with van der Waals surface area (Å²) >= 11 is 0. The number of aryl methyl sites for hydroxylation is 1. The number of ether oxygens (including phenoxy) is 1. The molecule has 8 heteroatoms. The minimum Gasteiger partial charge on any atom is -0.496 e. The average molecular weight is 389 g/mol. The van der Waals surface area contributed by atoms with E-state index in [4.69, 9.17) is 4.74 Å². The number of para-hydroxylation sites is 1. The van der Waals surface area contributed by atoms with E-state index >= 15 is 0 Å². The number of anilines is 1. The van der Waals surface area contributed by atoms with E-state index < -0.39 is 0 Å². The Hall–Kier alpha value is -3.94. The number of nitrogens with one attached hydrogen (secondary N) is 2. The fraction of sp³-hybridized carbons (Fsp3) is 0.143. The van der Waals surface area contributed by atoms with E-state index in [2.05, 4.69) is 20.4 Å². The van der Waals surface area contributed by atoms with Gasteiger partial charge in [-0.05, 0) is 31.2 Å². The Kier molecular flexibility index (Phi) is 4.59. The lowest BCUT2D eigenvalue weighted by Crippen LogP contribution is -2.13.